The molecule has 1 aromatic carbocycles. The first-order valence-electron chi connectivity index (χ1n) is 8.04. The predicted octanol–water partition coefficient (Wildman–Crippen LogP) is 2.52. The van der Waals surface area contributed by atoms with E-state index in [0.717, 1.165) is 30.3 Å². The largest absolute Gasteiger partial charge is 0.493 e. The first kappa shape index (κ1) is 14.6. The molecule has 0 spiro atoms. The number of halogens is 1. The topological polar surface area (TPSA) is 42.4 Å². The molecule has 3 unspecified atom stereocenters. The smallest absolute Gasteiger partial charge is 0.136 e. The highest BCUT2D eigenvalue weighted by molar-refractivity contribution is 5.84. The molecule has 2 fully saturated rings. The molecule has 0 N–H and O–H groups in total. The monoisotopic (exact) mass is 314 g/mol. The van der Waals surface area contributed by atoms with Gasteiger partial charge in [0.05, 0.1) is 18.2 Å². The van der Waals surface area contributed by atoms with Crippen molar-refractivity contribution in [3.63, 3.8) is 0 Å². The Balaban J connectivity index is 1.40. The molecular formula is C18H19FN2O2. The molecule has 0 bridgehead atoms. The van der Waals surface area contributed by atoms with Crippen LogP contribution in [0, 0.1) is 23.6 Å². The highest BCUT2D eigenvalue weighted by Gasteiger charge is 2.56. The van der Waals surface area contributed by atoms with Gasteiger partial charge in [0.1, 0.15) is 17.9 Å². The SMILES string of the molecule is CC(C=O)N1CC2C(COc3ccnc4ccc(F)cc34)C2C1. The van der Waals surface area contributed by atoms with E-state index in [9.17, 15) is 9.18 Å². The molecule has 1 aliphatic carbocycles. The number of carbonyl (C=O) groups is 1. The number of benzene rings is 1. The van der Waals surface area contributed by atoms with Crippen LogP contribution in [0.1, 0.15) is 6.92 Å². The third kappa shape index (κ3) is 2.59. The Labute approximate surface area is 134 Å². The summed E-state index contributed by atoms with van der Waals surface area (Å²) in [6.07, 6.45) is 2.70. The number of likely N-dealkylation sites (tertiary alicyclic amines) is 1. The third-order valence-electron chi connectivity index (χ3n) is 5.27. The summed E-state index contributed by atoms with van der Waals surface area (Å²) in [5.74, 6) is 2.21. The maximum atomic E-state index is 13.5. The number of piperidine rings is 1. The van der Waals surface area contributed by atoms with E-state index >= 15 is 0 Å². The third-order valence-corrected chi connectivity index (χ3v) is 5.27. The number of hydrogen-bond acceptors (Lipinski definition) is 4. The molecule has 3 atom stereocenters. The lowest BCUT2D eigenvalue weighted by Gasteiger charge is -2.22. The minimum atomic E-state index is -0.280. The molecular weight excluding hydrogens is 295 g/mol. The number of fused-ring (bicyclic) bond motifs is 2. The molecule has 0 amide bonds. The molecule has 1 aromatic heterocycles. The Hall–Kier alpha value is -2.01. The molecule has 5 heteroatoms. The predicted molar refractivity (Wildman–Crippen MR) is 84.8 cm³/mol. The van der Waals surface area contributed by atoms with Crippen molar-refractivity contribution in [3.8, 4) is 5.75 Å². The highest BCUT2D eigenvalue weighted by atomic mass is 19.1. The molecule has 2 heterocycles. The van der Waals surface area contributed by atoms with Crippen molar-refractivity contribution in [2.75, 3.05) is 19.7 Å². The zero-order valence-corrected chi connectivity index (χ0v) is 13.0. The van der Waals surface area contributed by atoms with Gasteiger partial charge in [0.2, 0.25) is 0 Å². The van der Waals surface area contributed by atoms with Gasteiger partial charge in [0, 0.05) is 30.6 Å². The Bertz CT molecular complexity index is 739. The number of nitrogens with zero attached hydrogens (tertiary/aromatic N) is 2. The van der Waals surface area contributed by atoms with Crippen molar-refractivity contribution >= 4 is 17.2 Å². The van der Waals surface area contributed by atoms with E-state index in [1.54, 1.807) is 18.3 Å². The molecule has 2 aromatic rings. The van der Waals surface area contributed by atoms with E-state index in [4.69, 9.17) is 4.74 Å². The summed E-state index contributed by atoms with van der Waals surface area (Å²) >= 11 is 0. The maximum Gasteiger partial charge on any atom is 0.136 e. The lowest BCUT2D eigenvalue weighted by atomic mass is 10.2. The van der Waals surface area contributed by atoms with Crippen molar-refractivity contribution in [1.82, 2.24) is 9.88 Å². The van der Waals surface area contributed by atoms with Crippen LogP contribution in [0.2, 0.25) is 0 Å². The zero-order valence-electron chi connectivity index (χ0n) is 13.0. The second-order valence-electron chi connectivity index (χ2n) is 6.60. The van der Waals surface area contributed by atoms with Gasteiger partial charge >= 0.3 is 0 Å². The minimum absolute atomic E-state index is 0.0106. The van der Waals surface area contributed by atoms with Crippen LogP contribution >= 0.6 is 0 Å². The Kier molecular flexibility index (Phi) is 3.53. The summed E-state index contributed by atoms with van der Waals surface area (Å²) in [4.78, 5) is 17.3. The summed E-state index contributed by atoms with van der Waals surface area (Å²) in [7, 11) is 0. The van der Waals surface area contributed by atoms with Gasteiger partial charge < -0.3 is 9.53 Å². The molecule has 120 valence electrons. The van der Waals surface area contributed by atoms with Crippen LogP contribution in [0.4, 0.5) is 4.39 Å². The van der Waals surface area contributed by atoms with Gasteiger partial charge in [-0.2, -0.15) is 0 Å². The number of carbonyl (C=O) groups excluding carboxylic acids is 1. The normalized spacial score (nSPS) is 27.7. The molecule has 1 saturated heterocycles. The van der Waals surface area contributed by atoms with Crippen LogP contribution in [0.5, 0.6) is 5.75 Å². The first-order valence-corrected chi connectivity index (χ1v) is 8.04. The number of rotatable bonds is 5. The summed E-state index contributed by atoms with van der Waals surface area (Å²) in [6.45, 7) is 4.55. The van der Waals surface area contributed by atoms with Gasteiger partial charge in [-0.05, 0) is 43.0 Å². The van der Waals surface area contributed by atoms with E-state index in [1.165, 1.54) is 12.1 Å². The quantitative estimate of drug-likeness (QED) is 0.795. The van der Waals surface area contributed by atoms with Gasteiger partial charge in [0.15, 0.2) is 0 Å². The Morgan fingerprint density at radius 3 is 2.91 bits per heavy atom. The van der Waals surface area contributed by atoms with Crippen molar-refractivity contribution in [3.05, 3.63) is 36.3 Å². The second kappa shape index (κ2) is 5.57. The van der Waals surface area contributed by atoms with Gasteiger partial charge in [0.25, 0.3) is 0 Å². The fourth-order valence-electron chi connectivity index (χ4n) is 3.75. The summed E-state index contributed by atoms with van der Waals surface area (Å²) < 4.78 is 19.4. The lowest BCUT2D eigenvalue weighted by molar-refractivity contribution is -0.111. The van der Waals surface area contributed by atoms with E-state index in [2.05, 4.69) is 9.88 Å². The average molecular weight is 314 g/mol. The molecule has 1 saturated carbocycles. The highest BCUT2D eigenvalue weighted by Crippen LogP contribution is 2.52. The molecule has 23 heavy (non-hydrogen) atoms. The van der Waals surface area contributed by atoms with Crippen LogP contribution in [0.25, 0.3) is 10.9 Å². The van der Waals surface area contributed by atoms with Crippen LogP contribution in [0.3, 0.4) is 0 Å². The van der Waals surface area contributed by atoms with Gasteiger partial charge in [-0.1, -0.05) is 0 Å². The summed E-state index contributed by atoms with van der Waals surface area (Å²) in [6, 6.07) is 6.35. The maximum absolute atomic E-state index is 13.5. The van der Waals surface area contributed by atoms with E-state index < -0.39 is 0 Å². The van der Waals surface area contributed by atoms with Crippen LogP contribution in [-0.4, -0.2) is 41.9 Å². The van der Waals surface area contributed by atoms with Crippen molar-refractivity contribution in [2.24, 2.45) is 17.8 Å². The van der Waals surface area contributed by atoms with Crippen LogP contribution < -0.4 is 4.74 Å². The van der Waals surface area contributed by atoms with Gasteiger partial charge in [-0.25, -0.2) is 4.39 Å². The van der Waals surface area contributed by atoms with E-state index in [1.807, 2.05) is 6.92 Å². The summed E-state index contributed by atoms with van der Waals surface area (Å²) in [5, 5.41) is 0.717. The number of aromatic nitrogens is 1. The first-order chi connectivity index (χ1) is 11.2. The van der Waals surface area contributed by atoms with E-state index in [0.29, 0.717) is 30.1 Å². The fourth-order valence-corrected chi connectivity index (χ4v) is 3.75. The van der Waals surface area contributed by atoms with Crippen LogP contribution in [-0.2, 0) is 4.79 Å². The molecule has 1 aliphatic heterocycles. The van der Waals surface area contributed by atoms with Gasteiger partial charge in [-0.15, -0.1) is 0 Å². The van der Waals surface area contributed by atoms with Gasteiger partial charge in [-0.3, -0.25) is 9.88 Å². The Morgan fingerprint density at radius 1 is 1.39 bits per heavy atom. The molecule has 0 radical (unpaired) electrons. The van der Waals surface area contributed by atoms with Crippen molar-refractivity contribution in [1.29, 1.82) is 0 Å². The number of pyridine rings is 1. The second-order valence-corrected chi connectivity index (χ2v) is 6.60. The van der Waals surface area contributed by atoms with Crippen LogP contribution in [0.15, 0.2) is 30.5 Å². The molecule has 4 rings (SSSR count). The minimum Gasteiger partial charge on any atom is -0.493 e. The fraction of sp³-hybridized carbons (Fsp3) is 0.444. The number of aldehydes is 1. The molecule has 2 aliphatic rings. The number of ether oxygens (including phenoxy) is 1. The summed E-state index contributed by atoms with van der Waals surface area (Å²) in [5.41, 5.74) is 0.742. The van der Waals surface area contributed by atoms with Crippen molar-refractivity contribution in [2.45, 2.75) is 13.0 Å². The van der Waals surface area contributed by atoms with Crippen molar-refractivity contribution < 1.29 is 13.9 Å². The standard InChI is InChI=1S/C18H19FN2O2/c1-11(9-22)21-7-14-15(8-21)16(14)10-23-18-4-5-20-17-3-2-12(19)6-13(17)18/h2-6,9,11,14-16H,7-8,10H2,1H3. The Morgan fingerprint density at radius 2 is 2.17 bits per heavy atom. The molecule has 4 nitrogen and oxygen atoms in total. The zero-order chi connectivity index (χ0) is 16.0. The van der Waals surface area contributed by atoms with E-state index in [-0.39, 0.29) is 11.9 Å². The average Bonchev–Trinajstić information content (AvgIpc) is 3.01. The lowest BCUT2D eigenvalue weighted by Crippen LogP contribution is -2.35. The number of hydrogen-bond donors (Lipinski definition) is 0.